The van der Waals surface area contributed by atoms with Crippen LogP contribution < -0.4 is 0 Å². The minimum Gasteiger partial charge on any atom is -0.462 e. The number of pyridine rings is 1. The SMILES string of the molecule is CCCCc1ccc(C(=O)OCC)cn1. The largest absolute Gasteiger partial charge is 0.462 e. The third kappa shape index (κ3) is 3.70. The summed E-state index contributed by atoms with van der Waals surface area (Å²) in [7, 11) is 0. The van der Waals surface area contributed by atoms with Gasteiger partial charge in [-0.25, -0.2) is 4.79 Å². The Labute approximate surface area is 90.5 Å². The standard InChI is InChI=1S/C12H17NO2/c1-3-5-6-11-8-7-10(9-13-11)12(14)15-4-2/h7-9H,3-6H2,1-2H3. The van der Waals surface area contributed by atoms with E-state index in [1.807, 2.05) is 6.07 Å². The second kappa shape index (κ2) is 6.17. The van der Waals surface area contributed by atoms with Gasteiger partial charge in [0.2, 0.25) is 0 Å². The molecular formula is C12H17NO2. The van der Waals surface area contributed by atoms with E-state index in [9.17, 15) is 4.79 Å². The Kier molecular flexibility index (Phi) is 4.81. The van der Waals surface area contributed by atoms with Crippen molar-refractivity contribution in [3.05, 3.63) is 29.6 Å². The first kappa shape index (κ1) is 11.7. The highest BCUT2D eigenvalue weighted by Crippen LogP contribution is 2.05. The lowest BCUT2D eigenvalue weighted by Gasteiger charge is -2.02. The smallest absolute Gasteiger partial charge is 0.339 e. The third-order valence-corrected chi connectivity index (χ3v) is 2.12. The van der Waals surface area contributed by atoms with E-state index in [1.54, 1.807) is 19.2 Å². The molecule has 0 fully saturated rings. The summed E-state index contributed by atoms with van der Waals surface area (Å²) in [6, 6.07) is 3.66. The number of esters is 1. The molecule has 82 valence electrons. The van der Waals surface area contributed by atoms with Crippen molar-refractivity contribution in [1.29, 1.82) is 0 Å². The topological polar surface area (TPSA) is 39.2 Å². The van der Waals surface area contributed by atoms with Crippen molar-refractivity contribution in [3.8, 4) is 0 Å². The number of hydrogen-bond donors (Lipinski definition) is 0. The number of carbonyl (C=O) groups is 1. The molecule has 0 bridgehead atoms. The van der Waals surface area contributed by atoms with Crippen LogP contribution in [0.2, 0.25) is 0 Å². The molecule has 0 amide bonds. The van der Waals surface area contributed by atoms with Gasteiger partial charge in [0.15, 0.2) is 0 Å². The Morgan fingerprint density at radius 3 is 2.73 bits per heavy atom. The second-order valence-corrected chi connectivity index (χ2v) is 3.36. The van der Waals surface area contributed by atoms with Crippen LogP contribution >= 0.6 is 0 Å². The molecule has 3 heteroatoms. The summed E-state index contributed by atoms with van der Waals surface area (Å²) in [6.07, 6.45) is 4.84. The van der Waals surface area contributed by atoms with E-state index in [0.717, 1.165) is 25.0 Å². The molecule has 0 unspecified atom stereocenters. The molecule has 0 saturated heterocycles. The van der Waals surface area contributed by atoms with Crippen molar-refractivity contribution in [2.24, 2.45) is 0 Å². The summed E-state index contributed by atoms with van der Waals surface area (Å²) in [5.41, 5.74) is 1.56. The summed E-state index contributed by atoms with van der Waals surface area (Å²) in [5.74, 6) is -0.299. The molecule has 0 aliphatic carbocycles. The highest BCUT2D eigenvalue weighted by atomic mass is 16.5. The van der Waals surface area contributed by atoms with Crippen LogP contribution in [0.3, 0.4) is 0 Å². The Balaban J connectivity index is 2.59. The highest BCUT2D eigenvalue weighted by molar-refractivity contribution is 5.88. The van der Waals surface area contributed by atoms with Crippen molar-refractivity contribution < 1.29 is 9.53 Å². The van der Waals surface area contributed by atoms with E-state index in [2.05, 4.69) is 11.9 Å². The molecule has 0 atom stereocenters. The van der Waals surface area contributed by atoms with Gasteiger partial charge in [-0.15, -0.1) is 0 Å². The van der Waals surface area contributed by atoms with E-state index in [0.29, 0.717) is 12.2 Å². The minimum atomic E-state index is -0.299. The van der Waals surface area contributed by atoms with Gasteiger partial charge in [-0.1, -0.05) is 13.3 Å². The highest BCUT2D eigenvalue weighted by Gasteiger charge is 2.05. The maximum atomic E-state index is 11.3. The van der Waals surface area contributed by atoms with E-state index < -0.39 is 0 Å². The van der Waals surface area contributed by atoms with E-state index >= 15 is 0 Å². The lowest BCUT2D eigenvalue weighted by molar-refractivity contribution is 0.0526. The number of aryl methyl sites for hydroxylation is 1. The van der Waals surface area contributed by atoms with Gasteiger partial charge in [-0.05, 0) is 31.9 Å². The molecule has 1 aromatic heterocycles. The lowest BCUT2D eigenvalue weighted by atomic mass is 10.1. The van der Waals surface area contributed by atoms with Crippen molar-refractivity contribution in [3.63, 3.8) is 0 Å². The van der Waals surface area contributed by atoms with Crippen LogP contribution in [0.4, 0.5) is 0 Å². The van der Waals surface area contributed by atoms with E-state index in [1.165, 1.54) is 0 Å². The fourth-order valence-corrected chi connectivity index (χ4v) is 1.27. The Morgan fingerprint density at radius 1 is 1.40 bits per heavy atom. The van der Waals surface area contributed by atoms with E-state index in [-0.39, 0.29) is 5.97 Å². The Hall–Kier alpha value is -1.38. The number of rotatable bonds is 5. The fraction of sp³-hybridized carbons (Fsp3) is 0.500. The molecule has 0 aliphatic heterocycles. The van der Waals surface area contributed by atoms with Gasteiger partial charge in [0.05, 0.1) is 12.2 Å². The zero-order chi connectivity index (χ0) is 11.1. The van der Waals surface area contributed by atoms with Crippen LogP contribution in [0, 0.1) is 0 Å². The van der Waals surface area contributed by atoms with Crippen LogP contribution in [0.15, 0.2) is 18.3 Å². The molecule has 0 aliphatic rings. The van der Waals surface area contributed by atoms with Crippen molar-refractivity contribution in [2.75, 3.05) is 6.61 Å². The summed E-state index contributed by atoms with van der Waals surface area (Å²) in [6.45, 7) is 4.34. The quantitative estimate of drug-likeness (QED) is 0.697. The summed E-state index contributed by atoms with van der Waals surface area (Å²) < 4.78 is 4.87. The number of unbranched alkanes of at least 4 members (excludes halogenated alkanes) is 1. The second-order valence-electron chi connectivity index (χ2n) is 3.36. The van der Waals surface area contributed by atoms with Gasteiger partial charge < -0.3 is 4.74 Å². The monoisotopic (exact) mass is 207 g/mol. The predicted octanol–water partition coefficient (Wildman–Crippen LogP) is 2.60. The molecular weight excluding hydrogens is 190 g/mol. The summed E-state index contributed by atoms with van der Waals surface area (Å²) in [4.78, 5) is 15.5. The molecule has 1 aromatic rings. The molecule has 3 nitrogen and oxygen atoms in total. The molecule has 0 saturated carbocycles. The number of nitrogens with zero attached hydrogens (tertiary/aromatic N) is 1. The maximum absolute atomic E-state index is 11.3. The van der Waals surface area contributed by atoms with Gasteiger partial charge in [0.1, 0.15) is 0 Å². The summed E-state index contributed by atoms with van der Waals surface area (Å²) >= 11 is 0. The third-order valence-electron chi connectivity index (χ3n) is 2.12. The molecule has 0 radical (unpaired) electrons. The molecule has 15 heavy (non-hydrogen) atoms. The minimum absolute atomic E-state index is 0.299. The van der Waals surface area contributed by atoms with Crippen LogP contribution in [0.1, 0.15) is 42.7 Å². The molecule has 1 rings (SSSR count). The average molecular weight is 207 g/mol. The van der Waals surface area contributed by atoms with Gasteiger partial charge in [0.25, 0.3) is 0 Å². The lowest BCUT2D eigenvalue weighted by Crippen LogP contribution is -2.05. The van der Waals surface area contributed by atoms with Crippen LogP contribution in [-0.2, 0) is 11.2 Å². The maximum Gasteiger partial charge on any atom is 0.339 e. The summed E-state index contributed by atoms with van der Waals surface area (Å²) in [5, 5.41) is 0. The Bertz CT molecular complexity index is 306. The Morgan fingerprint density at radius 2 is 2.20 bits per heavy atom. The van der Waals surface area contributed by atoms with Crippen molar-refractivity contribution >= 4 is 5.97 Å². The average Bonchev–Trinajstić information content (AvgIpc) is 2.27. The van der Waals surface area contributed by atoms with Crippen molar-refractivity contribution in [1.82, 2.24) is 4.98 Å². The van der Waals surface area contributed by atoms with Gasteiger partial charge in [0, 0.05) is 11.9 Å². The van der Waals surface area contributed by atoms with Crippen molar-refractivity contribution in [2.45, 2.75) is 33.1 Å². The number of carbonyl (C=O) groups excluding carboxylic acids is 1. The first-order valence-corrected chi connectivity index (χ1v) is 5.40. The van der Waals surface area contributed by atoms with Crippen LogP contribution in [-0.4, -0.2) is 17.6 Å². The fourth-order valence-electron chi connectivity index (χ4n) is 1.27. The molecule has 0 aromatic carbocycles. The molecule has 0 spiro atoms. The zero-order valence-electron chi connectivity index (χ0n) is 9.32. The molecule has 1 heterocycles. The van der Waals surface area contributed by atoms with Crippen LogP contribution in [0.25, 0.3) is 0 Å². The van der Waals surface area contributed by atoms with Crippen LogP contribution in [0.5, 0.6) is 0 Å². The van der Waals surface area contributed by atoms with E-state index in [4.69, 9.17) is 4.74 Å². The van der Waals surface area contributed by atoms with Gasteiger partial charge >= 0.3 is 5.97 Å². The number of aromatic nitrogens is 1. The zero-order valence-corrected chi connectivity index (χ0v) is 9.32. The first-order valence-electron chi connectivity index (χ1n) is 5.40. The van der Waals surface area contributed by atoms with Gasteiger partial charge in [-0.3, -0.25) is 4.98 Å². The first-order chi connectivity index (χ1) is 7.27. The van der Waals surface area contributed by atoms with Gasteiger partial charge in [-0.2, -0.15) is 0 Å². The number of hydrogen-bond acceptors (Lipinski definition) is 3. The number of ether oxygens (including phenoxy) is 1. The molecule has 0 N–H and O–H groups in total. The predicted molar refractivity (Wildman–Crippen MR) is 58.8 cm³/mol. The normalized spacial score (nSPS) is 10.0.